The van der Waals surface area contributed by atoms with Crippen LogP contribution in [-0.4, -0.2) is 65.0 Å². The third kappa shape index (κ3) is 4.06. The summed E-state index contributed by atoms with van der Waals surface area (Å²) in [5, 5.41) is 3.40. The molecule has 1 aromatic rings. The van der Waals surface area contributed by atoms with E-state index in [0.717, 1.165) is 5.56 Å². The van der Waals surface area contributed by atoms with Crippen LogP contribution in [0.25, 0.3) is 0 Å². The Labute approximate surface area is 144 Å². The number of hydrogen-bond donors (Lipinski definition) is 2. The first-order chi connectivity index (χ1) is 11.8. The van der Waals surface area contributed by atoms with Crippen molar-refractivity contribution in [3.8, 4) is 0 Å². The van der Waals surface area contributed by atoms with Gasteiger partial charge in [0.25, 0.3) is 0 Å². The van der Waals surface area contributed by atoms with Gasteiger partial charge in [-0.2, -0.15) is 13.5 Å². The number of carbonyl (C=O) groups is 2. The number of nitrogens with zero attached hydrogens (tertiary/aromatic N) is 3. The summed E-state index contributed by atoms with van der Waals surface area (Å²) in [5.74, 6) is -0.301. The van der Waals surface area contributed by atoms with Gasteiger partial charge in [-0.25, -0.2) is 4.79 Å². The molecule has 2 saturated heterocycles. The molecule has 3 amide bonds. The molecule has 0 unspecified atom stereocenters. The van der Waals surface area contributed by atoms with E-state index in [1.165, 1.54) is 4.90 Å². The summed E-state index contributed by atoms with van der Waals surface area (Å²) >= 11 is 0. The van der Waals surface area contributed by atoms with Crippen LogP contribution in [0.4, 0.5) is 4.79 Å². The zero-order valence-electron chi connectivity index (χ0n) is 13.2. The van der Waals surface area contributed by atoms with Gasteiger partial charge < -0.3 is 10.2 Å². The lowest BCUT2D eigenvalue weighted by Gasteiger charge is -2.29. The second-order valence-corrected chi connectivity index (χ2v) is 6.92. The van der Waals surface area contributed by atoms with Crippen LogP contribution in [0.15, 0.2) is 24.5 Å². The summed E-state index contributed by atoms with van der Waals surface area (Å²) in [6.07, 6.45) is 4.78. The topological polar surface area (TPSA) is 129 Å². The average molecular weight is 370 g/mol. The molecule has 2 N–H and O–H groups in total. The fourth-order valence-electron chi connectivity index (χ4n) is 3.10. The first-order valence-electron chi connectivity index (χ1n) is 7.78. The molecule has 2 aliphatic heterocycles. The van der Waals surface area contributed by atoms with E-state index >= 15 is 0 Å². The lowest BCUT2D eigenvalue weighted by Crippen LogP contribution is -2.50. The molecular formula is C14H18N4O6S. The number of hydrogen-bond acceptors (Lipinski definition) is 6. The molecule has 0 spiro atoms. The number of carbonyl (C=O) groups excluding carboxylic acids is 2. The molecule has 0 aliphatic carbocycles. The number of hydroxylamine groups is 2. The summed E-state index contributed by atoms with van der Waals surface area (Å²) in [6.45, 7) is 0.576. The van der Waals surface area contributed by atoms with E-state index in [-0.39, 0.29) is 12.5 Å². The predicted molar refractivity (Wildman–Crippen MR) is 84.3 cm³/mol. The Morgan fingerprint density at radius 1 is 1.44 bits per heavy atom. The quantitative estimate of drug-likeness (QED) is 0.660. The Kier molecular flexibility index (Phi) is 4.88. The van der Waals surface area contributed by atoms with E-state index in [9.17, 15) is 18.0 Å². The van der Waals surface area contributed by atoms with E-state index < -0.39 is 28.5 Å². The van der Waals surface area contributed by atoms with Crippen molar-refractivity contribution < 1.29 is 26.8 Å². The molecular weight excluding hydrogens is 352 g/mol. The molecule has 0 radical (unpaired) electrons. The van der Waals surface area contributed by atoms with Gasteiger partial charge in [0.1, 0.15) is 6.04 Å². The molecule has 3 heterocycles. The molecule has 136 valence electrons. The molecule has 11 heteroatoms. The number of amides is 3. The van der Waals surface area contributed by atoms with Crippen molar-refractivity contribution in [2.75, 3.05) is 13.1 Å². The summed E-state index contributed by atoms with van der Waals surface area (Å²) in [6, 6.07) is 1.78. The molecule has 3 rings (SSSR count). The zero-order valence-corrected chi connectivity index (χ0v) is 14.1. The number of aromatic nitrogens is 1. The molecule has 2 aliphatic rings. The first kappa shape index (κ1) is 17.6. The van der Waals surface area contributed by atoms with Gasteiger partial charge in [-0.15, -0.1) is 4.28 Å². The van der Waals surface area contributed by atoms with Crippen LogP contribution >= 0.6 is 0 Å². The van der Waals surface area contributed by atoms with E-state index in [4.69, 9.17) is 4.55 Å². The van der Waals surface area contributed by atoms with Gasteiger partial charge in [0.2, 0.25) is 5.91 Å². The molecule has 2 bridgehead atoms. The van der Waals surface area contributed by atoms with Crippen LogP contribution in [0.5, 0.6) is 0 Å². The van der Waals surface area contributed by atoms with E-state index in [2.05, 4.69) is 14.6 Å². The maximum atomic E-state index is 12.4. The highest BCUT2D eigenvalue weighted by molar-refractivity contribution is 7.80. The van der Waals surface area contributed by atoms with Crippen molar-refractivity contribution >= 4 is 22.3 Å². The highest BCUT2D eigenvalue weighted by atomic mass is 32.3. The van der Waals surface area contributed by atoms with Crippen LogP contribution in [0, 0.1) is 0 Å². The van der Waals surface area contributed by atoms with Crippen LogP contribution in [0.3, 0.4) is 0 Å². The molecule has 0 saturated carbocycles. The highest BCUT2D eigenvalue weighted by Gasteiger charge is 2.49. The molecule has 2 fully saturated rings. The molecule has 10 nitrogen and oxygen atoms in total. The van der Waals surface area contributed by atoms with Gasteiger partial charge in [-0.05, 0) is 30.9 Å². The Hall–Kier alpha value is -2.24. The SMILES string of the molecule is O=C(NCCc1cccnc1)[C@@H]1CC[C@@H]2CN1C(=O)N2OS(=O)(=O)O. The number of pyridine rings is 1. The molecule has 2 atom stereocenters. The van der Waals surface area contributed by atoms with Crippen molar-refractivity contribution in [1.29, 1.82) is 0 Å². The number of urea groups is 1. The minimum absolute atomic E-state index is 0.176. The number of rotatable bonds is 6. The lowest BCUT2D eigenvalue weighted by atomic mass is 10.0. The number of nitrogens with one attached hydrogen (secondary N) is 1. The maximum Gasteiger partial charge on any atom is 0.418 e. The van der Waals surface area contributed by atoms with Gasteiger partial charge in [-0.1, -0.05) is 6.07 Å². The smallest absolute Gasteiger partial charge is 0.354 e. The van der Waals surface area contributed by atoms with Crippen LogP contribution in [-0.2, 0) is 25.9 Å². The normalized spacial score (nSPS) is 23.0. The zero-order chi connectivity index (χ0) is 18.0. The van der Waals surface area contributed by atoms with Gasteiger partial charge in [0.15, 0.2) is 0 Å². The third-order valence-electron chi connectivity index (χ3n) is 4.24. The minimum atomic E-state index is -4.79. The fourth-order valence-corrected chi connectivity index (χ4v) is 3.49. The molecule has 0 aromatic carbocycles. The second kappa shape index (κ2) is 6.94. The Morgan fingerprint density at radius 3 is 2.92 bits per heavy atom. The standard InChI is InChI=1S/C14H18N4O6S/c19-13(16-7-5-10-2-1-6-15-8-10)12-4-3-11-9-17(12)14(20)18(11)24-25(21,22)23/h1-2,6,8,11-12H,3-5,7,9H2,(H,16,19)(H,21,22,23)/t11-,12+/m1/s1. The van der Waals surface area contributed by atoms with Gasteiger partial charge in [0, 0.05) is 25.5 Å². The van der Waals surface area contributed by atoms with Crippen molar-refractivity contribution in [2.24, 2.45) is 0 Å². The van der Waals surface area contributed by atoms with Crippen molar-refractivity contribution in [3.05, 3.63) is 30.1 Å². The van der Waals surface area contributed by atoms with E-state index in [0.29, 0.717) is 30.9 Å². The van der Waals surface area contributed by atoms with Crippen LogP contribution in [0.2, 0.25) is 0 Å². The average Bonchev–Trinajstić information content (AvgIpc) is 2.79. The summed E-state index contributed by atoms with van der Waals surface area (Å²) in [5.41, 5.74) is 0.983. The predicted octanol–water partition coefficient (Wildman–Crippen LogP) is -0.257. The van der Waals surface area contributed by atoms with Gasteiger partial charge in [-0.3, -0.25) is 14.3 Å². The Morgan fingerprint density at radius 2 is 2.24 bits per heavy atom. The largest absolute Gasteiger partial charge is 0.418 e. The minimum Gasteiger partial charge on any atom is -0.354 e. The van der Waals surface area contributed by atoms with Crippen LogP contribution < -0.4 is 5.32 Å². The molecule has 1 aromatic heterocycles. The Balaban J connectivity index is 1.57. The maximum absolute atomic E-state index is 12.4. The fraction of sp³-hybridized carbons (Fsp3) is 0.500. The first-order valence-corrected chi connectivity index (χ1v) is 9.15. The summed E-state index contributed by atoms with van der Waals surface area (Å²) in [4.78, 5) is 29.9. The molecule has 25 heavy (non-hydrogen) atoms. The van der Waals surface area contributed by atoms with Crippen molar-refractivity contribution in [1.82, 2.24) is 20.3 Å². The van der Waals surface area contributed by atoms with Crippen LogP contribution in [0.1, 0.15) is 18.4 Å². The van der Waals surface area contributed by atoms with Gasteiger partial charge in [0.05, 0.1) is 6.04 Å². The lowest BCUT2D eigenvalue weighted by molar-refractivity contribution is -0.126. The second-order valence-electron chi connectivity index (χ2n) is 5.91. The van der Waals surface area contributed by atoms with E-state index in [1.807, 2.05) is 12.1 Å². The highest BCUT2D eigenvalue weighted by Crippen LogP contribution is 2.30. The Bertz CT molecular complexity index is 756. The summed E-state index contributed by atoms with van der Waals surface area (Å²) < 4.78 is 34.8. The number of piperidine rings is 1. The monoisotopic (exact) mass is 370 g/mol. The van der Waals surface area contributed by atoms with Crippen molar-refractivity contribution in [3.63, 3.8) is 0 Å². The van der Waals surface area contributed by atoms with Crippen molar-refractivity contribution in [2.45, 2.75) is 31.3 Å². The number of fused-ring (bicyclic) bond motifs is 2. The van der Waals surface area contributed by atoms with Gasteiger partial charge >= 0.3 is 16.4 Å². The van der Waals surface area contributed by atoms with E-state index in [1.54, 1.807) is 12.4 Å². The summed E-state index contributed by atoms with van der Waals surface area (Å²) in [7, 11) is -4.79. The third-order valence-corrected chi connectivity index (χ3v) is 4.58.